The average molecular weight is 347 g/mol. The molecule has 1 amide bonds. The standard InChI is InChI=1S/C14H14Cl3N3O/c15-7-13-18-11-5-9(16)10(17)6-12(11)20(13)8-14(21)19-3-1-2-4-19/h5-6H,1-4,7-8H2. The number of carbonyl (C=O) groups excluding carboxylic acids is 1. The first-order valence-corrected chi connectivity index (χ1v) is 8.07. The lowest BCUT2D eigenvalue weighted by molar-refractivity contribution is -0.130. The molecule has 2 aromatic rings. The van der Waals surface area contributed by atoms with E-state index < -0.39 is 0 Å². The first-order chi connectivity index (χ1) is 10.1. The van der Waals surface area contributed by atoms with Gasteiger partial charge in [0.1, 0.15) is 12.4 Å². The van der Waals surface area contributed by atoms with Gasteiger partial charge < -0.3 is 9.47 Å². The van der Waals surface area contributed by atoms with Crippen LogP contribution >= 0.6 is 34.8 Å². The van der Waals surface area contributed by atoms with Gasteiger partial charge >= 0.3 is 0 Å². The molecule has 1 aromatic carbocycles. The molecule has 0 bridgehead atoms. The third-order valence-corrected chi connectivity index (χ3v) is 4.70. The SMILES string of the molecule is O=C(Cn1c(CCl)nc2cc(Cl)c(Cl)cc21)N1CCCC1. The molecule has 3 rings (SSSR count). The smallest absolute Gasteiger partial charge is 0.242 e. The average Bonchev–Trinajstić information content (AvgIpc) is 3.09. The van der Waals surface area contributed by atoms with Gasteiger partial charge in [0.05, 0.1) is 27.0 Å². The zero-order chi connectivity index (χ0) is 15.0. The third-order valence-electron chi connectivity index (χ3n) is 3.74. The van der Waals surface area contributed by atoms with E-state index in [-0.39, 0.29) is 18.3 Å². The maximum absolute atomic E-state index is 12.4. The molecule has 112 valence electrons. The van der Waals surface area contributed by atoms with Crippen LogP contribution in [0.15, 0.2) is 12.1 Å². The van der Waals surface area contributed by atoms with E-state index in [0.717, 1.165) is 31.4 Å². The summed E-state index contributed by atoms with van der Waals surface area (Å²) in [6.45, 7) is 1.89. The van der Waals surface area contributed by atoms with Gasteiger partial charge in [0.25, 0.3) is 0 Å². The van der Waals surface area contributed by atoms with Gasteiger partial charge in [0, 0.05) is 13.1 Å². The largest absolute Gasteiger partial charge is 0.341 e. The molecule has 1 fully saturated rings. The topological polar surface area (TPSA) is 38.1 Å². The minimum atomic E-state index is 0.0873. The molecule has 0 unspecified atom stereocenters. The lowest BCUT2D eigenvalue weighted by atomic mass is 10.3. The highest BCUT2D eigenvalue weighted by atomic mass is 35.5. The van der Waals surface area contributed by atoms with Crippen molar-refractivity contribution in [1.82, 2.24) is 14.5 Å². The lowest BCUT2D eigenvalue weighted by Gasteiger charge is -2.16. The van der Waals surface area contributed by atoms with Crippen LogP contribution in [0.2, 0.25) is 10.0 Å². The van der Waals surface area contributed by atoms with Crippen LogP contribution in [-0.2, 0) is 17.2 Å². The van der Waals surface area contributed by atoms with Gasteiger partial charge in [0.2, 0.25) is 5.91 Å². The number of rotatable bonds is 3. The van der Waals surface area contributed by atoms with Crippen molar-refractivity contribution in [2.45, 2.75) is 25.3 Å². The maximum atomic E-state index is 12.4. The molecule has 4 nitrogen and oxygen atoms in total. The summed E-state index contributed by atoms with van der Waals surface area (Å²) in [5, 5.41) is 0.890. The second-order valence-electron chi connectivity index (χ2n) is 5.09. The Morgan fingerprint density at radius 2 is 1.86 bits per heavy atom. The number of nitrogens with zero attached hydrogens (tertiary/aromatic N) is 3. The van der Waals surface area contributed by atoms with E-state index >= 15 is 0 Å². The van der Waals surface area contributed by atoms with Crippen molar-refractivity contribution in [2.24, 2.45) is 0 Å². The van der Waals surface area contributed by atoms with Gasteiger partial charge in [-0.1, -0.05) is 23.2 Å². The van der Waals surface area contributed by atoms with Crippen molar-refractivity contribution in [3.05, 3.63) is 28.0 Å². The zero-order valence-electron chi connectivity index (χ0n) is 11.3. The zero-order valence-corrected chi connectivity index (χ0v) is 13.5. The van der Waals surface area contributed by atoms with Crippen molar-refractivity contribution in [3.63, 3.8) is 0 Å². The summed E-state index contributed by atoms with van der Waals surface area (Å²) in [4.78, 5) is 18.7. The first-order valence-electron chi connectivity index (χ1n) is 6.78. The Balaban J connectivity index is 1.99. The van der Waals surface area contributed by atoms with E-state index in [1.165, 1.54) is 0 Å². The Morgan fingerprint density at radius 1 is 1.19 bits per heavy atom. The van der Waals surface area contributed by atoms with Crippen LogP contribution in [0.3, 0.4) is 0 Å². The predicted molar refractivity (Wildman–Crippen MR) is 85.1 cm³/mol. The molecule has 7 heteroatoms. The molecular formula is C14H14Cl3N3O. The van der Waals surface area contributed by atoms with Gasteiger partial charge in [-0.15, -0.1) is 11.6 Å². The number of likely N-dealkylation sites (tertiary alicyclic amines) is 1. The van der Waals surface area contributed by atoms with Crippen LogP contribution in [0.5, 0.6) is 0 Å². The fraction of sp³-hybridized carbons (Fsp3) is 0.429. The maximum Gasteiger partial charge on any atom is 0.242 e. The number of halogens is 3. The molecule has 1 aliphatic rings. The van der Waals surface area contributed by atoms with Gasteiger partial charge in [-0.2, -0.15) is 0 Å². The Morgan fingerprint density at radius 3 is 2.52 bits per heavy atom. The minimum absolute atomic E-state index is 0.0873. The molecule has 21 heavy (non-hydrogen) atoms. The molecular weight excluding hydrogens is 333 g/mol. The van der Waals surface area contributed by atoms with Crippen molar-refractivity contribution >= 4 is 51.7 Å². The van der Waals surface area contributed by atoms with Crippen LogP contribution in [-0.4, -0.2) is 33.4 Å². The quantitative estimate of drug-likeness (QED) is 0.795. The molecule has 1 aliphatic heterocycles. The van der Waals surface area contributed by atoms with Crippen LogP contribution < -0.4 is 0 Å². The van der Waals surface area contributed by atoms with E-state index in [1.807, 2.05) is 9.47 Å². The summed E-state index contributed by atoms with van der Waals surface area (Å²) < 4.78 is 1.82. The van der Waals surface area contributed by atoms with Gasteiger partial charge in [-0.05, 0) is 25.0 Å². The number of alkyl halides is 1. The van der Waals surface area contributed by atoms with Crippen molar-refractivity contribution in [2.75, 3.05) is 13.1 Å². The third kappa shape index (κ3) is 2.85. The summed E-state index contributed by atoms with van der Waals surface area (Å²) >= 11 is 18.0. The molecule has 1 saturated heterocycles. The highest BCUT2D eigenvalue weighted by molar-refractivity contribution is 6.42. The molecule has 0 spiro atoms. The number of imidazole rings is 1. The number of hydrogen-bond donors (Lipinski definition) is 0. The number of amides is 1. The molecule has 1 aromatic heterocycles. The summed E-state index contributed by atoms with van der Waals surface area (Å²) in [5.41, 5.74) is 1.49. The van der Waals surface area contributed by atoms with E-state index in [9.17, 15) is 4.79 Å². The Bertz CT molecular complexity index is 692. The first kappa shape index (κ1) is 14.9. The highest BCUT2D eigenvalue weighted by Gasteiger charge is 2.21. The summed E-state index contributed by atoms with van der Waals surface area (Å²) in [6, 6.07) is 3.44. The van der Waals surface area contributed by atoms with Crippen LogP contribution in [0.1, 0.15) is 18.7 Å². The number of aromatic nitrogens is 2. The number of carbonyl (C=O) groups is 1. The van der Waals surface area contributed by atoms with Crippen molar-refractivity contribution in [3.8, 4) is 0 Å². The second-order valence-corrected chi connectivity index (χ2v) is 6.17. The Labute approximate surface area is 137 Å². The number of hydrogen-bond acceptors (Lipinski definition) is 2. The van der Waals surface area contributed by atoms with Crippen LogP contribution in [0.4, 0.5) is 0 Å². The Kier molecular flexibility index (Phi) is 4.29. The van der Waals surface area contributed by atoms with E-state index in [1.54, 1.807) is 12.1 Å². The van der Waals surface area contributed by atoms with E-state index in [4.69, 9.17) is 34.8 Å². The second kappa shape index (κ2) is 6.03. The Hall–Kier alpha value is -0.970. The molecule has 2 heterocycles. The van der Waals surface area contributed by atoms with Crippen molar-refractivity contribution < 1.29 is 4.79 Å². The normalized spacial score (nSPS) is 15.1. The summed E-state index contributed by atoms with van der Waals surface area (Å²) in [5.74, 6) is 0.971. The monoisotopic (exact) mass is 345 g/mol. The number of fused-ring (bicyclic) bond motifs is 1. The molecule has 0 atom stereocenters. The van der Waals surface area contributed by atoms with Gasteiger partial charge in [-0.25, -0.2) is 4.98 Å². The van der Waals surface area contributed by atoms with Crippen LogP contribution in [0.25, 0.3) is 11.0 Å². The molecule has 0 saturated carbocycles. The van der Waals surface area contributed by atoms with E-state index in [2.05, 4.69) is 4.98 Å². The van der Waals surface area contributed by atoms with Crippen LogP contribution in [0, 0.1) is 0 Å². The molecule has 0 radical (unpaired) electrons. The fourth-order valence-electron chi connectivity index (χ4n) is 2.65. The number of benzene rings is 1. The van der Waals surface area contributed by atoms with Gasteiger partial charge in [0.15, 0.2) is 0 Å². The van der Waals surface area contributed by atoms with Gasteiger partial charge in [-0.3, -0.25) is 4.79 Å². The predicted octanol–water partition coefficient (Wildman–Crippen LogP) is 3.70. The lowest BCUT2D eigenvalue weighted by Crippen LogP contribution is -2.31. The van der Waals surface area contributed by atoms with Crippen molar-refractivity contribution in [1.29, 1.82) is 0 Å². The highest BCUT2D eigenvalue weighted by Crippen LogP contribution is 2.29. The minimum Gasteiger partial charge on any atom is -0.341 e. The molecule has 0 N–H and O–H groups in total. The molecule has 0 aliphatic carbocycles. The summed E-state index contributed by atoms with van der Waals surface area (Å²) in [6.07, 6.45) is 2.14. The van der Waals surface area contributed by atoms with E-state index in [0.29, 0.717) is 21.4 Å². The summed E-state index contributed by atoms with van der Waals surface area (Å²) in [7, 11) is 0. The fourth-order valence-corrected chi connectivity index (χ4v) is 3.17.